The van der Waals surface area contributed by atoms with Gasteiger partial charge in [0.1, 0.15) is 5.82 Å². The number of carbonyl (C=O) groups is 2. The molecule has 4 rings (SSSR count). The molecule has 37 heavy (non-hydrogen) atoms. The molecule has 0 atom stereocenters. The Hall–Kier alpha value is -4.66. The first-order chi connectivity index (χ1) is 17.7. The number of benzene rings is 3. The number of rotatable bonds is 7. The maximum atomic E-state index is 13.0. The van der Waals surface area contributed by atoms with Crippen LogP contribution < -0.4 is 16.4 Å². The van der Waals surface area contributed by atoms with E-state index in [1.807, 2.05) is 6.07 Å². The van der Waals surface area contributed by atoms with Crippen LogP contribution in [0.4, 0.5) is 24.7 Å². The summed E-state index contributed by atoms with van der Waals surface area (Å²) < 4.78 is 38.7. The number of nitrogen functional groups attached to an aromatic ring is 1. The van der Waals surface area contributed by atoms with Crippen LogP contribution in [0.1, 0.15) is 32.0 Å². The summed E-state index contributed by atoms with van der Waals surface area (Å²) in [6.07, 6.45) is -3.91. The molecular weight excluding hydrogens is 481 g/mol. The molecule has 0 spiro atoms. The minimum Gasteiger partial charge on any atom is -0.384 e. The average Bonchev–Trinajstić information content (AvgIpc) is 2.88. The Morgan fingerprint density at radius 3 is 2.19 bits per heavy atom. The second-order valence-electron chi connectivity index (χ2n) is 8.21. The van der Waals surface area contributed by atoms with Gasteiger partial charge in [0.2, 0.25) is 0 Å². The zero-order chi connectivity index (χ0) is 26.4. The van der Waals surface area contributed by atoms with Crippen LogP contribution in [-0.4, -0.2) is 23.3 Å². The van der Waals surface area contributed by atoms with Crippen molar-refractivity contribution in [1.29, 1.82) is 0 Å². The van der Waals surface area contributed by atoms with E-state index in [2.05, 4.69) is 15.6 Å². The summed E-state index contributed by atoms with van der Waals surface area (Å²) in [6, 6.07) is 23.0. The fourth-order valence-corrected chi connectivity index (χ4v) is 3.72. The van der Waals surface area contributed by atoms with Crippen molar-refractivity contribution < 1.29 is 22.8 Å². The van der Waals surface area contributed by atoms with Crippen LogP contribution in [0.2, 0.25) is 0 Å². The van der Waals surface area contributed by atoms with E-state index in [1.54, 1.807) is 60.7 Å². The zero-order valence-corrected chi connectivity index (χ0v) is 19.5. The fourth-order valence-electron chi connectivity index (χ4n) is 3.72. The number of pyridine rings is 1. The third-order valence-corrected chi connectivity index (χ3v) is 5.59. The number of nitrogens with zero attached hydrogens (tertiary/aromatic N) is 1. The van der Waals surface area contributed by atoms with Crippen molar-refractivity contribution in [3.63, 3.8) is 0 Å². The number of alkyl halides is 3. The van der Waals surface area contributed by atoms with Crippen LogP contribution in [0, 0.1) is 0 Å². The lowest BCUT2D eigenvalue weighted by Gasteiger charge is -2.12. The van der Waals surface area contributed by atoms with Gasteiger partial charge in [-0.25, -0.2) is 4.98 Å². The lowest BCUT2D eigenvalue weighted by Crippen LogP contribution is -2.26. The van der Waals surface area contributed by atoms with Crippen LogP contribution in [0.25, 0.3) is 11.1 Å². The smallest absolute Gasteiger partial charge is 0.384 e. The number of anilines is 2. The van der Waals surface area contributed by atoms with Gasteiger partial charge in [-0.2, -0.15) is 13.2 Å². The summed E-state index contributed by atoms with van der Waals surface area (Å²) in [4.78, 5) is 29.6. The van der Waals surface area contributed by atoms with Gasteiger partial charge >= 0.3 is 6.18 Å². The Bertz CT molecular complexity index is 1400. The Balaban J connectivity index is 1.39. The van der Waals surface area contributed by atoms with Crippen LogP contribution in [0.3, 0.4) is 0 Å². The molecule has 0 bridgehead atoms. The standard InChI is InChI=1S/C28H23F3N4O2/c29-28(30,31)20-12-8-18(9-13-20)23-5-1-2-6-24(23)27(37)35-22-14-10-19(11-15-22)26(36)33-17-16-21-4-3-7-25(32)34-21/h1-15H,16-17H2,(H2,32,34)(H,33,36)(H,35,37). The molecule has 0 radical (unpaired) electrons. The van der Waals surface area contributed by atoms with E-state index in [9.17, 15) is 22.8 Å². The highest BCUT2D eigenvalue weighted by Crippen LogP contribution is 2.32. The Labute approximate surface area is 211 Å². The molecule has 0 saturated carbocycles. The molecule has 0 fully saturated rings. The van der Waals surface area contributed by atoms with E-state index in [0.717, 1.165) is 17.8 Å². The second kappa shape index (κ2) is 10.9. The first-order valence-electron chi connectivity index (χ1n) is 11.4. The number of hydrogen-bond donors (Lipinski definition) is 3. The van der Waals surface area contributed by atoms with Gasteiger partial charge in [-0.15, -0.1) is 0 Å². The Morgan fingerprint density at radius 2 is 1.51 bits per heavy atom. The summed E-state index contributed by atoms with van der Waals surface area (Å²) >= 11 is 0. The lowest BCUT2D eigenvalue weighted by molar-refractivity contribution is -0.137. The topological polar surface area (TPSA) is 97.1 Å². The molecule has 3 aromatic carbocycles. The molecule has 0 aliphatic rings. The van der Waals surface area contributed by atoms with Gasteiger partial charge in [0.05, 0.1) is 5.56 Å². The predicted octanol–water partition coefficient (Wildman–Crippen LogP) is 5.57. The summed E-state index contributed by atoms with van der Waals surface area (Å²) in [5.74, 6) is -0.278. The van der Waals surface area contributed by atoms with Gasteiger partial charge < -0.3 is 16.4 Å². The molecule has 1 aromatic heterocycles. The van der Waals surface area contributed by atoms with E-state index in [0.29, 0.717) is 46.7 Å². The SMILES string of the molecule is Nc1cccc(CCNC(=O)c2ccc(NC(=O)c3ccccc3-c3ccc(C(F)(F)F)cc3)cc2)n1. The normalized spacial score (nSPS) is 11.1. The molecule has 6 nitrogen and oxygen atoms in total. The highest BCUT2D eigenvalue weighted by molar-refractivity contribution is 6.09. The Kier molecular flexibility index (Phi) is 7.52. The monoisotopic (exact) mass is 504 g/mol. The summed E-state index contributed by atoms with van der Waals surface area (Å²) in [5.41, 5.74) is 7.85. The van der Waals surface area contributed by atoms with Crippen molar-refractivity contribution in [2.24, 2.45) is 0 Å². The minimum atomic E-state index is -4.44. The number of nitrogens with one attached hydrogen (secondary N) is 2. The fraction of sp³-hybridized carbons (Fsp3) is 0.107. The molecular formula is C28H23F3N4O2. The van der Waals surface area contributed by atoms with Gasteiger partial charge in [0.25, 0.3) is 11.8 Å². The van der Waals surface area contributed by atoms with Crippen molar-refractivity contribution >= 4 is 23.3 Å². The lowest BCUT2D eigenvalue weighted by atomic mass is 9.98. The molecule has 0 aliphatic heterocycles. The molecule has 2 amide bonds. The number of hydrogen-bond acceptors (Lipinski definition) is 4. The number of nitrogens with two attached hydrogens (primary N) is 1. The van der Waals surface area contributed by atoms with E-state index >= 15 is 0 Å². The van der Waals surface area contributed by atoms with Crippen LogP contribution in [0.5, 0.6) is 0 Å². The highest BCUT2D eigenvalue weighted by atomic mass is 19.4. The van der Waals surface area contributed by atoms with E-state index in [4.69, 9.17) is 5.73 Å². The maximum Gasteiger partial charge on any atom is 0.416 e. The molecule has 188 valence electrons. The predicted molar refractivity (Wildman–Crippen MR) is 136 cm³/mol. The molecule has 0 aliphatic carbocycles. The van der Waals surface area contributed by atoms with Crippen molar-refractivity contribution in [1.82, 2.24) is 10.3 Å². The molecule has 9 heteroatoms. The molecule has 1 heterocycles. The van der Waals surface area contributed by atoms with Crippen molar-refractivity contribution in [3.05, 3.63) is 113 Å². The van der Waals surface area contributed by atoms with Gasteiger partial charge in [0, 0.05) is 35.5 Å². The van der Waals surface area contributed by atoms with E-state index in [1.165, 1.54) is 12.1 Å². The maximum absolute atomic E-state index is 13.0. The Morgan fingerprint density at radius 1 is 0.811 bits per heavy atom. The largest absolute Gasteiger partial charge is 0.416 e. The third-order valence-electron chi connectivity index (χ3n) is 5.59. The number of carbonyl (C=O) groups excluding carboxylic acids is 2. The molecule has 4 aromatic rings. The van der Waals surface area contributed by atoms with Crippen LogP contribution in [-0.2, 0) is 12.6 Å². The minimum absolute atomic E-state index is 0.269. The van der Waals surface area contributed by atoms with Crippen LogP contribution >= 0.6 is 0 Å². The van der Waals surface area contributed by atoms with Crippen molar-refractivity contribution in [2.75, 3.05) is 17.6 Å². The second-order valence-corrected chi connectivity index (χ2v) is 8.21. The summed E-state index contributed by atoms with van der Waals surface area (Å²) in [5, 5.41) is 5.58. The first kappa shape index (κ1) is 25.4. The summed E-state index contributed by atoms with van der Waals surface area (Å²) in [7, 11) is 0. The number of aromatic nitrogens is 1. The molecule has 0 unspecified atom stereocenters. The number of halogens is 3. The van der Waals surface area contributed by atoms with Gasteiger partial charge in [0.15, 0.2) is 0 Å². The molecule has 4 N–H and O–H groups in total. The van der Waals surface area contributed by atoms with Gasteiger partial charge in [-0.1, -0.05) is 36.4 Å². The summed E-state index contributed by atoms with van der Waals surface area (Å²) in [6.45, 7) is 0.383. The quantitative estimate of drug-likeness (QED) is 0.306. The van der Waals surface area contributed by atoms with E-state index < -0.39 is 17.6 Å². The molecule has 0 saturated heterocycles. The van der Waals surface area contributed by atoms with Crippen molar-refractivity contribution in [2.45, 2.75) is 12.6 Å². The van der Waals surface area contributed by atoms with Crippen molar-refractivity contribution in [3.8, 4) is 11.1 Å². The number of amides is 2. The third kappa shape index (κ3) is 6.52. The van der Waals surface area contributed by atoms with E-state index in [-0.39, 0.29) is 5.91 Å². The van der Waals surface area contributed by atoms with Gasteiger partial charge in [-0.05, 0) is 65.7 Å². The average molecular weight is 505 g/mol. The first-order valence-corrected chi connectivity index (χ1v) is 11.4. The highest BCUT2D eigenvalue weighted by Gasteiger charge is 2.30. The van der Waals surface area contributed by atoms with Gasteiger partial charge in [-0.3, -0.25) is 9.59 Å². The van der Waals surface area contributed by atoms with Crippen LogP contribution in [0.15, 0.2) is 91.0 Å². The zero-order valence-electron chi connectivity index (χ0n) is 19.5.